The number of para-hydroxylation sites is 2. The molecule has 26 heavy (non-hydrogen) atoms. The SMILES string of the molecule is O=C(CCNCCC1=CCCCC1)Nc1ccccc1N1CCOCC1. The fourth-order valence-electron chi connectivity index (χ4n) is 3.58. The highest BCUT2D eigenvalue weighted by Gasteiger charge is 2.15. The van der Waals surface area contributed by atoms with E-state index in [0.717, 1.165) is 57.2 Å². The predicted octanol–water partition coefficient (Wildman–Crippen LogP) is 3.33. The van der Waals surface area contributed by atoms with E-state index in [2.05, 4.69) is 27.7 Å². The number of carbonyl (C=O) groups is 1. The Morgan fingerprint density at radius 2 is 1.96 bits per heavy atom. The van der Waals surface area contributed by atoms with Crippen LogP contribution in [0.4, 0.5) is 11.4 Å². The number of amides is 1. The Kier molecular flexibility index (Phi) is 7.52. The van der Waals surface area contributed by atoms with Crippen LogP contribution in [0.5, 0.6) is 0 Å². The van der Waals surface area contributed by atoms with Crippen molar-refractivity contribution in [3.05, 3.63) is 35.9 Å². The average Bonchev–Trinajstić information content (AvgIpc) is 2.70. The van der Waals surface area contributed by atoms with Gasteiger partial charge in [-0.2, -0.15) is 0 Å². The van der Waals surface area contributed by atoms with Crippen molar-refractivity contribution in [1.82, 2.24) is 5.32 Å². The van der Waals surface area contributed by atoms with Crippen LogP contribution in [0.1, 0.15) is 38.5 Å². The van der Waals surface area contributed by atoms with Gasteiger partial charge in [0.1, 0.15) is 0 Å². The third kappa shape index (κ3) is 5.85. The molecule has 1 aliphatic heterocycles. The van der Waals surface area contributed by atoms with Gasteiger partial charge < -0.3 is 20.3 Å². The lowest BCUT2D eigenvalue weighted by Crippen LogP contribution is -2.36. The third-order valence-electron chi connectivity index (χ3n) is 5.07. The molecule has 0 saturated carbocycles. The summed E-state index contributed by atoms with van der Waals surface area (Å²) in [7, 11) is 0. The Bertz CT molecular complexity index is 609. The number of allylic oxidation sites excluding steroid dienone is 1. The van der Waals surface area contributed by atoms with Crippen LogP contribution in [-0.4, -0.2) is 45.3 Å². The Labute approximate surface area is 156 Å². The number of hydrogen-bond donors (Lipinski definition) is 2. The monoisotopic (exact) mass is 357 g/mol. The van der Waals surface area contributed by atoms with Crippen LogP contribution in [0.2, 0.25) is 0 Å². The molecule has 1 heterocycles. The van der Waals surface area contributed by atoms with E-state index in [1.165, 1.54) is 25.7 Å². The summed E-state index contributed by atoms with van der Waals surface area (Å²) in [5, 5.41) is 6.47. The van der Waals surface area contributed by atoms with E-state index in [-0.39, 0.29) is 5.91 Å². The normalized spacial score (nSPS) is 17.7. The summed E-state index contributed by atoms with van der Waals surface area (Å²) in [6, 6.07) is 8.03. The average molecular weight is 357 g/mol. The maximum atomic E-state index is 12.3. The molecular weight excluding hydrogens is 326 g/mol. The topological polar surface area (TPSA) is 53.6 Å². The van der Waals surface area contributed by atoms with Gasteiger partial charge in [0.15, 0.2) is 0 Å². The fourth-order valence-corrected chi connectivity index (χ4v) is 3.58. The van der Waals surface area contributed by atoms with Crippen molar-refractivity contribution < 1.29 is 9.53 Å². The van der Waals surface area contributed by atoms with Gasteiger partial charge in [0.25, 0.3) is 0 Å². The van der Waals surface area contributed by atoms with Gasteiger partial charge >= 0.3 is 0 Å². The van der Waals surface area contributed by atoms with E-state index >= 15 is 0 Å². The molecule has 0 radical (unpaired) electrons. The van der Waals surface area contributed by atoms with Crippen LogP contribution >= 0.6 is 0 Å². The molecule has 0 bridgehead atoms. The highest BCUT2D eigenvalue weighted by atomic mass is 16.5. The second kappa shape index (κ2) is 10.3. The molecule has 5 nitrogen and oxygen atoms in total. The molecule has 2 N–H and O–H groups in total. The minimum absolute atomic E-state index is 0.0649. The number of carbonyl (C=O) groups excluding carboxylic acids is 1. The zero-order chi connectivity index (χ0) is 18.0. The van der Waals surface area contributed by atoms with Gasteiger partial charge in [0.2, 0.25) is 5.91 Å². The Morgan fingerprint density at radius 1 is 1.12 bits per heavy atom. The molecule has 1 aromatic rings. The van der Waals surface area contributed by atoms with Crippen molar-refractivity contribution in [2.24, 2.45) is 0 Å². The first kappa shape index (κ1) is 18.9. The number of ether oxygens (including phenoxy) is 1. The minimum atomic E-state index is 0.0649. The van der Waals surface area contributed by atoms with Crippen LogP contribution in [0.15, 0.2) is 35.9 Å². The van der Waals surface area contributed by atoms with Crippen LogP contribution in [0, 0.1) is 0 Å². The Balaban J connectivity index is 1.40. The van der Waals surface area contributed by atoms with Gasteiger partial charge in [-0.1, -0.05) is 23.8 Å². The fraction of sp³-hybridized carbons (Fsp3) is 0.571. The van der Waals surface area contributed by atoms with Gasteiger partial charge in [-0.15, -0.1) is 0 Å². The molecule has 0 unspecified atom stereocenters. The molecule has 142 valence electrons. The molecule has 0 spiro atoms. The predicted molar refractivity (Wildman–Crippen MR) is 107 cm³/mol. The quantitative estimate of drug-likeness (QED) is 0.553. The summed E-state index contributed by atoms with van der Waals surface area (Å²) in [5.74, 6) is 0.0649. The zero-order valence-corrected chi connectivity index (χ0v) is 15.6. The molecule has 2 aliphatic rings. The summed E-state index contributed by atoms with van der Waals surface area (Å²) >= 11 is 0. The standard InChI is InChI=1S/C21H31N3O2/c25-21(11-13-22-12-10-18-6-2-1-3-7-18)23-19-8-4-5-9-20(19)24-14-16-26-17-15-24/h4-6,8-9,22H,1-3,7,10-17H2,(H,23,25). The lowest BCUT2D eigenvalue weighted by molar-refractivity contribution is -0.116. The number of anilines is 2. The van der Waals surface area contributed by atoms with E-state index < -0.39 is 0 Å². The van der Waals surface area contributed by atoms with E-state index in [0.29, 0.717) is 6.42 Å². The number of nitrogens with zero attached hydrogens (tertiary/aromatic N) is 1. The molecule has 0 atom stereocenters. The second-order valence-corrected chi connectivity index (χ2v) is 7.02. The molecule has 1 aromatic carbocycles. The first-order chi connectivity index (χ1) is 12.8. The van der Waals surface area contributed by atoms with Gasteiger partial charge in [-0.05, 0) is 50.8 Å². The highest BCUT2D eigenvalue weighted by Crippen LogP contribution is 2.26. The van der Waals surface area contributed by atoms with E-state index in [1.54, 1.807) is 5.57 Å². The number of hydrogen-bond acceptors (Lipinski definition) is 4. The molecule has 1 saturated heterocycles. The van der Waals surface area contributed by atoms with E-state index in [1.807, 2.05) is 18.2 Å². The summed E-state index contributed by atoms with van der Waals surface area (Å²) in [4.78, 5) is 14.6. The van der Waals surface area contributed by atoms with Crippen molar-refractivity contribution in [3.63, 3.8) is 0 Å². The highest BCUT2D eigenvalue weighted by molar-refractivity contribution is 5.94. The van der Waals surface area contributed by atoms with Crippen molar-refractivity contribution >= 4 is 17.3 Å². The first-order valence-electron chi connectivity index (χ1n) is 9.93. The van der Waals surface area contributed by atoms with Crippen LogP contribution in [0.3, 0.4) is 0 Å². The van der Waals surface area contributed by atoms with E-state index in [9.17, 15) is 4.79 Å². The molecule has 1 fully saturated rings. The number of rotatable bonds is 8. The lowest BCUT2D eigenvalue weighted by Gasteiger charge is -2.30. The summed E-state index contributed by atoms with van der Waals surface area (Å²) in [5.41, 5.74) is 3.56. The molecule has 3 rings (SSSR count). The van der Waals surface area contributed by atoms with E-state index in [4.69, 9.17) is 4.74 Å². The second-order valence-electron chi connectivity index (χ2n) is 7.02. The van der Waals surface area contributed by atoms with Crippen molar-refractivity contribution in [3.8, 4) is 0 Å². The van der Waals surface area contributed by atoms with Crippen molar-refractivity contribution in [1.29, 1.82) is 0 Å². The van der Waals surface area contributed by atoms with Crippen LogP contribution in [-0.2, 0) is 9.53 Å². The number of morpholine rings is 1. The Hall–Kier alpha value is -1.85. The van der Waals surface area contributed by atoms with Gasteiger partial charge in [0, 0.05) is 26.1 Å². The largest absolute Gasteiger partial charge is 0.378 e. The minimum Gasteiger partial charge on any atom is -0.378 e. The van der Waals surface area contributed by atoms with Gasteiger partial charge in [-0.3, -0.25) is 4.79 Å². The van der Waals surface area contributed by atoms with Gasteiger partial charge in [-0.25, -0.2) is 0 Å². The molecular formula is C21H31N3O2. The maximum Gasteiger partial charge on any atom is 0.225 e. The summed E-state index contributed by atoms with van der Waals surface area (Å²) < 4.78 is 5.42. The van der Waals surface area contributed by atoms with Crippen LogP contribution < -0.4 is 15.5 Å². The maximum absolute atomic E-state index is 12.3. The zero-order valence-electron chi connectivity index (χ0n) is 15.6. The van der Waals surface area contributed by atoms with Gasteiger partial charge in [0.05, 0.1) is 24.6 Å². The molecule has 1 aliphatic carbocycles. The third-order valence-corrected chi connectivity index (χ3v) is 5.07. The molecule has 0 aromatic heterocycles. The van der Waals surface area contributed by atoms with Crippen molar-refractivity contribution in [2.75, 3.05) is 49.6 Å². The molecule has 1 amide bonds. The molecule has 5 heteroatoms. The van der Waals surface area contributed by atoms with Crippen molar-refractivity contribution in [2.45, 2.75) is 38.5 Å². The smallest absolute Gasteiger partial charge is 0.225 e. The number of nitrogens with one attached hydrogen (secondary N) is 2. The summed E-state index contributed by atoms with van der Waals surface area (Å²) in [6.07, 6.45) is 9.15. The summed E-state index contributed by atoms with van der Waals surface area (Å²) in [6.45, 7) is 4.89. The lowest BCUT2D eigenvalue weighted by atomic mass is 9.97. The first-order valence-corrected chi connectivity index (χ1v) is 9.93. The van der Waals surface area contributed by atoms with Crippen LogP contribution in [0.25, 0.3) is 0 Å². The number of benzene rings is 1. The Morgan fingerprint density at radius 3 is 2.77 bits per heavy atom.